The second-order valence-electron chi connectivity index (χ2n) is 10.7. The van der Waals surface area contributed by atoms with Gasteiger partial charge in [0.05, 0.1) is 10.6 Å². The molecule has 220 valence electrons. The van der Waals surface area contributed by atoms with Gasteiger partial charge in [-0.1, -0.05) is 53.9 Å². The maximum absolute atomic E-state index is 14.1. The number of carbonyl (C=O) groups excluding carboxylic acids is 2. The molecule has 0 saturated carbocycles. The third kappa shape index (κ3) is 8.44. The van der Waals surface area contributed by atoms with Crippen molar-refractivity contribution in [1.29, 1.82) is 0 Å². The highest BCUT2D eigenvalue weighted by molar-refractivity contribution is 7.92. The van der Waals surface area contributed by atoms with Gasteiger partial charge in [0.1, 0.15) is 18.4 Å². The topological polar surface area (TPSA) is 86.8 Å². The third-order valence-corrected chi connectivity index (χ3v) is 8.62. The fourth-order valence-electron chi connectivity index (χ4n) is 4.18. The van der Waals surface area contributed by atoms with Gasteiger partial charge >= 0.3 is 0 Å². The molecule has 7 nitrogen and oxygen atoms in total. The summed E-state index contributed by atoms with van der Waals surface area (Å²) in [5.74, 6) is -1.60. The smallest absolute Gasteiger partial charge is 0.264 e. The fraction of sp³-hybridized carbons (Fsp3) is 0.333. The summed E-state index contributed by atoms with van der Waals surface area (Å²) in [5, 5.41) is 3.61. The predicted octanol–water partition coefficient (Wildman–Crippen LogP) is 6.36. The van der Waals surface area contributed by atoms with Gasteiger partial charge in [0.15, 0.2) is 0 Å². The van der Waals surface area contributed by atoms with Crippen LogP contribution in [0.2, 0.25) is 10.0 Å². The first kappa shape index (κ1) is 32.4. The van der Waals surface area contributed by atoms with Crippen LogP contribution >= 0.6 is 23.2 Å². The van der Waals surface area contributed by atoms with Crippen molar-refractivity contribution < 1.29 is 22.4 Å². The molecule has 1 atom stereocenters. The number of sulfonamides is 1. The summed E-state index contributed by atoms with van der Waals surface area (Å²) in [6, 6.07) is 14.9. The number of hydrogen-bond acceptors (Lipinski definition) is 4. The van der Waals surface area contributed by atoms with E-state index in [9.17, 15) is 22.4 Å². The normalized spacial score (nSPS) is 12.5. The number of hydrogen-bond donors (Lipinski definition) is 1. The van der Waals surface area contributed by atoms with E-state index in [1.807, 2.05) is 27.7 Å². The van der Waals surface area contributed by atoms with Gasteiger partial charge in [0, 0.05) is 22.1 Å². The molecule has 0 radical (unpaired) electrons. The van der Waals surface area contributed by atoms with Crippen molar-refractivity contribution in [3.05, 3.63) is 93.7 Å². The fourth-order valence-corrected chi connectivity index (χ4v) is 6.06. The molecule has 0 saturated heterocycles. The Kier molecular flexibility index (Phi) is 10.4. The van der Waals surface area contributed by atoms with Crippen molar-refractivity contribution in [2.24, 2.45) is 0 Å². The lowest BCUT2D eigenvalue weighted by molar-refractivity contribution is -0.141. The lowest BCUT2D eigenvalue weighted by Gasteiger charge is -2.35. The minimum Gasteiger partial charge on any atom is -0.350 e. The largest absolute Gasteiger partial charge is 0.350 e. The highest BCUT2D eigenvalue weighted by atomic mass is 35.5. The van der Waals surface area contributed by atoms with Crippen molar-refractivity contribution >= 4 is 50.7 Å². The highest BCUT2D eigenvalue weighted by Gasteiger charge is 2.35. The van der Waals surface area contributed by atoms with Gasteiger partial charge in [0.25, 0.3) is 10.0 Å². The van der Waals surface area contributed by atoms with E-state index < -0.39 is 45.8 Å². The molecule has 2 amide bonds. The molecule has 0 spiro atoms. The third-order valence-electron chi connectivity index (χ3n) is 6.24. The molecule has 0 unspecified atom stereocenters. The van der Waals surface area contributed by atoms with Crippen LogP contribution in [0.15, 0.2) is 71.6 Å². The maximum Gasteiger partial charge on any atom is 0.264 e. The number of nitrogens with one attached hydrogen (secondary N) is 1. The lowest BCUT2D eigenvalue weighted by atomic mass is 10.1. The van der Waals surface area contributed by atoms with Gasteiger partial charge < -0.3 is 10.2 Å². The van der Waals surface area contributed by atoms with Crippen LogP contribution in [0.25, 0.3) is 0 Å². The Labute approximate surface area is 251 Å². The van der Waals surface area contributed by atoms with Crippen molar-refractivity contribution in [3.8, 4) is 0 Å². The Balaban J connectivity index is 2.09. The summed E-state index contributed by atoms with van der Waals surface area (Å²) in [4.78, 5) is 28.7. The predicted molar refractivity (Wildman–Crippen MR) is 161 cm³/mol. The van der Waals surface area contributed by atoms with Crippen LogP contribution in [-0.2, 0) is 26.2 Å². The van der Waals surface area contributed by atoms with Crippen LogP contribution in [0, 0.1) is 12.7 Å². The number of benzene rings is 3. The van der Waals surface area contributed by atoms with Crippen molar-refractivity contribution in [2.75, 3.05) is 10.8 Å². The number of halogens is 3. The molecule has 0 fully saturated rings. The average molecular weight is 623 g/mol. The molecular formula is C30H34Cl2FN3O4S. The van der Waals surface area contributed by atoms with Gasteiger partial charge in [-0.05, 0) is 88.2 Å². The van der Waals surface area contributed by atoms with E-state index in [1.165, 1.54) is 35.2 Å². The number of amides is 2. The quantitative estimate of drug-likeness (QED) is 0.285. The number of aryl methyl sites for hydroxylation is 1. The van der Waals surface area contributed by atoms with E-state index in [4.69, 9.17) is 23.2 Å². The van der Waals surface area contributed by atoms with Crippen LogP contribution < -0.4 is 9.62 Å². The van der Waals surface area contributed by atoms with Crippen molar-refractivity contribution in [1.82, 2.24) is 10.2 Å². The maximum atomic E-state index is 14.1. The van der Waals surface area contributed by atoms with Gasteiger partial charge in [-0.15, -0.1) is 0 Å². The average Bonchev–Trinajstić information content (AvgIpc) is 2.88. The number of carbonyl (C=O) groups is 2. The molecule has 1 N–H and O–H groups in total. The van der Waals surface area contributed by atoms with E-state index >= 15 is 0 Å². The molecule has 3 aromatic rings. The van der Waals surface area contributed by atoms with Gasteiger partial charge in [-0.2, -0.15) is 0 Å². The van der Waals surface area contributed by atoms with Crippen molar-refractivity contribution in [2.45, 2.75) is 64.1 Å². The zero-order valence-corrected chi connectivity index (χ0v) is 25.9. The molecule has 0 bridgehead atoms. The summed E-state index contributed by atoms with van der Waals surface area (Å²) >= 11 is 12.5. The van der Waals surface area contributed by atoms with Crippen LogP contribution in [-0.4, -0.2) is 43.3 Å². The first-order valence-corrected chi connectivity index (χ1v) is 15.2. The Hall–Kier alpha value is -3.14. The standard InChI is InChI=1S/C30H34Cl2FN3O4S/c1-6-27(29(38)34-30(3,4)5)35(18-21-9-10-22(31)17-26(21)32)28(37)19-36(24-13-11-23(33)12-14-24)41(39,40)25-15-7-20(2)8-16-25/h7-17,27H,6,18-19H2,1-5H3,(H,34,38)/t27-/m1/s1. The number of nitrogens with zero attached hydrogens (tertiary/aromatic N) is 2. The lowest BCUT2D eigenvalue weighted by Crippen LogP contribution is -2.55. The van der Waals surface area contributed by atoms with Crippen LogP contribution in [0.4, 0.5) is 10.1 Å². The Morgan fingerprint density at radius 1 is 0.976 bits per heavy atom. The van der Waals surface area contributed by atoms with Crippen LogP contribution in [0.5, 0.6) is 0 Å². The zero-order chi connectivity index (χ0) is 30.5. The molecule has 11 heteroatoms. The minimum atomic E-state index is -4.26. The summed E-state index contributed by atoms with van der Waals surface area (Å²) in [6.45, 7) is 8.33. The molecule has 0 aliphatic heterocycles. The molecule has 0 aliphatic carbocycles. The first-order valence-electron chi connectivity index (χ1n) is 13.0. The van der Waals surface area contributed by atoms with E-state index in [-0.39, 0.29) is 23.5 Å². The van der Waals surface area contributed by atoms with Gasteiger partial charge in [-0.3, -0.25) is 13.9 Å². The Morgan fingerprint density at radius 3 is 2.12 bits per heavy atom. The molecular weight excluding hydrogens is 588 g/mol. The van der Waals surface area contributed by atoms with Gasteiger partial charge in [0.2, 0.25) is 11.8 Å². The number of rotatable bonds is 10. The van der Waals surface area contributed by atoms with Crippen LogP contribution in [0.1, 0.15) is 45.2 Å². The molecule has 0 aromatic heterocycles. The van der Waals surface area contributed by atoms with Crippen molar-refractivity contribution in [3.63, 3.8) is 0 Å². The summed E-state index contributed by atoms with van der Waals surface area (Å²) in [6.07, 6.45) is 0.250. The molecule has 41 heavy (non-hydrogen) atoms. The van der Waals surface area contributed by atoms with E-state index in [1.54, 1.807) is 31.2 Å². The monoisotopic (exact) mass is 621 g/mol. The minimum absolute atomic E-state index is 0.0370. The van der Waals surface area contributed by atoms with E-state index in [2.05, 4.69) is 5.32 Å². The Morgan fingerprint density at radius 2 is 1.59 bits per heavy atom. The highest BCUT2D eigenvalue weighted by Crippen LogP contribution is 2.27. The Bertz CT molecular complexity index is 1490. The summed E-state index contributed by atoms with van der Waals surface area (Å²) in [7, 11) is -4.26. The zero-order valence-electron chi connectivity index (χ0n) is 23.6. The first-order chi connectivity index (χ1) is 19.1. The second-order valence-corrected chi connectivity index (χ2v) is 13.4. The molecule has 0 heterocycles. The summed E-state index contributed by atoms with van der Waals surface area (Å²) in [5.41, 5.74) is 0.902. The van der Waals surface area contributed by atoms with Gasteiger partial charge in [-0.25, -0.2) is 12.8 Å². The number of anilines is 1. The summed E-state index contributed by atoms with van der Waals surface area (Å²) < 4.78 is 42.4. The van der Waals surface area contributed by atoms with Crippen LogP contribution in [0.3, 0.4) is 0 Å². The second kappa shape index (κ2) is 13.2. The molecule has 0 aliphatic rings. The molecule has 3 aromatic carbocycles. The molecule has 3 rings (SSSR count). The van der Waals surface area contributed by atoms with E-state index in [0.29, 0.717) is 15.6 Å². The van der Waals surface area contributed by atoms with E-state index in [0.717, 1.165) is 22.0 Å². The SMILES string of the molecule is CC[C@H](C(=O)NC(C)(C)C)N(Cc1ccc(Cl)cc1Cl)C(=O)CN(c1ccc(F)cc1)S(=O)(=O)c1ccc(C)cc1.